The molecule has 5 amide bonds. The summed E-state index contributed by atoms with van der Waals surface area (Å²) in [6.45, 7) is 9.03. The van der Waals surface area contributed by atoms with Gasteiger partial charge in [-0.3, -0.25) is 24.0 Å². The molecule has 6 atom stereocenters. The van der Waals surface area contributed by atoms with Crippen LogP contribution in [-0.2, 0) is 30.4 Å². The number of rotatable bonds is 19. The quantitative estimate of drug-likeness (QED) is 0.108. The molecule has 0 aliphatic carbocycles. The summed E-state index contributed by atoms with van der Waals surface area (Å²) < 4.78 is 0. The Bertz CT molecular complexity index is 1370. The highest BCUT2D eigenvalue weighted by Gasteiger charge is 2.32. The van der Waals surface area contributed by atoms with E-state index in [1.807, 2.05) is 13.0 Å². The Labute approximate surface area is 275 Å². The minimum absolute atomic E-state index is 0.0254. The maximum absolute atomic E-state index is 13.8. The third kappa shape index (κ3) is 12.5. The van der Waals surface area contributed by atoms with Crippen molar-refractivity contribution in [2.24, 2.45) is 11.5 Å². The third-order valence-corrected chi connectivity index (χ3v) is 7.62. The summed E-state index contributed by atoms with van der Waals surface area (Å²) in [6, 6.07) is 9.38. The van der Waals surface area contributed by atoms with E-state index in [1.54, 1.807) is 43.3 Å². The Balaban J connectivity index is 2.41. The van der Waals surface area contributed by atoms with Gasteiger partial charge in [0.15, 0.2) is 0 Å². The van der Waals surface area contributed by atoms with E-state index in [4.69, 9.17) is 11.5 Å². The molecule has 0 fully saturated rings. The second-order valence-corrected chi connectivity index (χ2v) is 11.5. The number of carbonyl (C=O) groups is 5. The molecule has 0 saturated carbocycles. The van der Waals surface area contributed by atoms with E-state index in [1.165, 1.54) is 19.1 Å². The van der Waals surface area contributed by atoms with Gasteiger partial charge in [0.05, 0.1) is 12.1 Å². The highest BCUT2D eigenvalue weighted by molar-refractivity contribution is 5.96. The van der Waals surface area contributed by atoms with Crippen molar-refractivity contribution in [3.8, 4) is 5.75 Å². The van der Waals surface area contributed by atoms with E-state index in [0.717, 1.165) is 5.56 Å². The Hall–Kier alpha value is -4.75. The number of phenols is 1. The zero-order valence-corrected chi connectivity index (χ0v) is 27.2. The highest BCUT2D eigenvalue weighted by Crippen LogP contribution is 2.19. The summed E-state index contributed by atoms with van der Waals surface area (Å²) in [5.74, 6) is -3.59. The van der Waals surface area contributed by atoms with E-state index in [0.29, 0.717) is 30.4 Å². The van der Waals surface area contributed by atoms with Crippen molar-refractivity contribution in [3.63, 3.8) is 0 Å². The Kier molecular flexibility index (Phi) is 15.6. The molecule has 2 rings (SSSR count). The second kappa shape index (κ2) is 19.0. The van der Waals surface area contributed by atoms with Crippen LogP contribution in [0.1, 0.15) is 64.0 Å². The van der Waals surface area contributed by atoms with Gasteiger partial charge in [-0.2, -0.15) is 0 Å². The number of nitrogens with one attached hydrogen (secondary N) is 4. The molecule has 0 radical (unpaired) electrons. The summed E-state index contributed by atoms with van der Waals surface area (Å²) >= 11 is 0. The molecule has 13 nitrogen and oxygen atoms in total. The fourth-order valence-electron chi connectivity index (χ4n) is 4.69. The number of hydrogen-bond acceptors (Lipinski definition) is 8. The van der Waals surface area contributed by atoms with Gasteiger partial charge < -0.3 is 42.9 Å². The van der Waals surface area contributed by atoms with Crippen molar-refractivity contribution in [2.45, 2.75) is 95.6 Å². The van der Waals surface area contributed by atoms with Crippen LogP contribution in [0.25, 0.3) is 5.57 Å². The van der Waals surface area contributed by atoms with Gasteiger partial charge in [0.2, 0.25) is 29.5 Å². The van der Waals surface area contributed by atoms with Crippen LogP contribution < -0.4 is 32.7 Å². The number of nitrogens with two attached hydrogens (primary N) is 2. The van der Waals surface area contributed by atoms with Crippen molar-refractivity contribution in [2.75, 3.05) is 0 Å². The minimum Gasteiger partial charge on any atom is -0.508 e. The predicted octanol–water partition coefficient (Wildman–Crippen LogP) is 0.771. The standard InChI is InChI=1S/C34H48N6O7/c1-5-7-13-26(32(45)40-29(21(4)41)30(36)43)37-33(46)27(18-20(3)23-11-9-8-10-12-23)39-34(47)28(38-31(44)25(35)6-2)19-22-14-16-24(42)17-15-22/h8-12,14-17,21,25-29,41-42H,3,5-7,13,18-19,35H2,1-2,4H3,(H2,36,43)(H,37,46)(H,38,44)(H,39,47)(H,40,45). The molecular weight excluding hydrogens is 604 g/mol. The maximum Gasteiger partial charge on any atom is 0.243 e. The molecule has 0 saturated heterocycles. The number of aromatic hydroxyl groups is 1. The van der Waals surface area contributed by atoms with Crippen molar-refractivity contribution in [3.05, 3.63) is 72.3 Å². The molecule has 0 bridgehead atoms. The summed E-state index contributed by atoms with van der Waals surface area (Å²) in [4.78, 5) is 65.5. The van der Waals surface area contributed by atoms with Gasteiger partial charge in [-0.1, -0.05) is 75.7 Å². The van der Waals surface area contributed by atoms with Crippen LogP contribution in [0, 0.1) is 0 Å². The smallest absolute Gasteiger partial charge is 0.243 e. The molecule has 0 aliphatic heterocycles. The zero-order valence-electron chi connectivity index (χ0n) is 27.2. The average molecular weight is 653 g/mol. The number of aliphatic hydroxyl groups is 1. The molecule has 0 spiro atoms. The molecule has 0 aliphatic rings. The molecule has 256 valence electrons. The van der Waals surface area contributed by atoms with E-state index in [2.05, 4.69) is 27.8 Å². The van der Waals surface area contributed by atoms with Crippen LogP contribution in [0.3, 0.4) is 0 Å². The Morgan fingerprint density at radius 1 is 0.809 bits per heavy atom. The number of phenolic OH excluding ortho intramolecular Hbond substituents is 1. The molecule has 6 unspecified atom stereocenters. The summed E-state index contributed by atoms with van der Waals surface area (Å²) in [5, 5.41) is 30.1. The third-order valence-electron chi connectivity index (χ3n) is 7.62. The fraction of sp³-hybridized carbons (Fsp3) is 0.441. The van der Waals surface area contributed by atoms with Crippen molar-refractivity contribution < 1.29 is 34.2 Å². The Morgan fingerprint density at radius 2 is 1.36 bits per heavy atom. The van der Waals surface area contributed by atoms with Crippen molar-refractivity contribution in [1.82, 2.24) is 21.3 Å². The molecular formula is C34H48N6O7. The summed E-state index contributed by atoms with van der Waals surface area (Å²) in [6.07, 6.45) is 0.469. The lowest BCUT2D eigenvalue weighted by Gasteiger charge is -2.27. The predicted molar refractivity (Wildman–Crippen MR) is 178 cm³/mol. The maximum atomic E-state index is 13.8. The van der Waals surface area contributed by atoms with Gasteiger partial charge in [0, 0.05) is 12.8 Å². The van der Waals surface area contributed by atoms with Crippen molar-refractivity contribution >= 4 is 35.1 Å². The van der Waals surface area contributed by atoms with Crippen LogP contribution >= 0.6 is 0 Å². The van der Waals surface area contributed by atoms with Gasteiger partial charge in [-0.05, 0) is 48.6 Å². The summed E-state index contributed by atoms with van der Waals surface area (Å²) in [5.41, 5.74) is 13.1. The number of unbranched alkanes of at least 4 members (excludes halogenated alkanes) is 1. The molecule has 2 aromatic carbocycles. The number of hydrogen-bond donors (Lipinski definition) is 8. The van der Waals surface area contributed by atoms with Gasteiger partial charge in [-0.15, -0.1) is 0 Å². The van der Waals surface area contributed by atoms with Gasteiger partial charge in [-0.25, -0.2) is 0 Å². The first kappa shape index (κ1) is 38.4. The number of primary amides is 1. The van der Waals surface area contributed by atoms with Crippen LogP contribution in [0.15, 0.2) is 61.2 Å². The van der Waals surface area contributed by atoms with Gasteiger partial charge in [0.1, 0.15) is 29.9 Å². The van der Waals surface area contributed by atoms with Crippen LogP contribution in [0.5, 0.6) is 5.75 Å². The van der Waals surface area contributed by atoms with E-state index >= 15 is 0 Å². The van der Waals surface area contributed by atoms with Gasteiger partial charge >= 0.3 is 0 Å². The van der Waals surface area contributed by atoms with E-state index in [9.17, 15) is 34.2 Å². The lowest BCUT2D eigenvalue weighted by atomic mass is 9.98. The topological polar surface area (TPSA) is 226 Å². The minimum atomic E-state index is -1.38. The molecule has 47 heavy (non-hydrogen) atoms. The average Bonchev–Trinajstić information content (AvgIpc) is 3.04. The number of aliphatic hydroxyl groups excluding tert-OH is 1. The number of benzene rings is 2. The molecule has 0 heterocycles. The highest BCUT2D eigenvalue weighted by atomic mass is 16.3. The van der Waals surface area contributed by atoms with Gasteiger partial charge in [0.25, 0.3) is 0 Å². The van der Waals surface area contributed by atoms with Crippen LogP contribution in [0.4, 0.5) is 0 Å². The largest absolute Gasteiger partial charge is 0.508 e. The molecule has 13 heteroatoms. The fourth-order valence-corrected chi connectivity index (χ4v) is 4.69. The normalized spacial score (nSPS) is 14.7. The lowest BCUT2D eigenvalue weighted by molar-refractivity contribution is -0.135. The van der Waals surface area contributed by atoms with Crippen molar-refractivity contribution in [1.29, 1.82) is 0 Å². The first-order chi connectivity index (χ1) is 22.3. The molecule has 2 aromatic rings. The SMILES string of the molecule is C=C(CC(NC(=O)C(Cc1ccc(O)cc1)NC(=O)C(N)CC)C(=O)NC(CCCC)C(=O)NC(C(N)=O)C(C)O)c1ccccc1. The number of amides is 5. The second-order valence-electron chi connectivity index (χ2n) is 11.5. The first-order valence-electron chi connectivity index (χ1n) is 15.7. The summed E-state index contributed by atoms with van der Waals surface area (Å²) in [7, 11) is 0. The lowest BCUT2D eigenvalue weighted by Crippen LogP contribution is -2.60. The zero-order chi connectivity index (χ0) is 35.1. The van der Waals surface area contributed by atoms with Crippen LogP contribution in [-0.4, -0.2) is 76.1 Å². The Morgan fingerprint density at radius 3 is 1.91 bits per heavy atom. The molecule has 0 aromatic heterocycles. The van der Waals surface area contributed by atoms with Crippen LogP contribution in [0.2, 0.25) is 0 Å². The van der Waals surface area contributed by atoms with E-state index in [-0.39, 0.29) is 25.0 Å². The monoisotopic (exact) mass is 652 g/mol. The molecule has 10 N–H and O–H groups in total. The van der Waals surface area contributed by atoms with E-state index < -0.39 is 65.8 Å². The first-order valence-corrected chi connectivity index (χ1v) is 15.7. The number of carbonyl (C=O) groups excluding carboxylic acids is 5.